The Morgan fingerprint density at radius 3 is 2.70 bits per heavy atom. The molecule has 0 aromatic carbocycles. The van der Waals surface area contributed by atoms with Crippen molar-refractivity contribution >= 4 is 28.1 Å². The summed E-state index contributed by atoms with van der Waals surface area (Å²) in [5.74, 6) is -0.140. The predicted molar refractivity (Wildman–Crippen MR) is 106 cm³/mol. The fraction of sp³-hybridized carbons (Fsp3) is 0.211. The van der Waals surface area contributed by atoms with Crippen molar-refractivity contribution in [1.82, 2.24) is 24.6 Å². The summed E-state index contributed by atoms with van der Waals surface area (Å²) in [5.41, 5.74) is 4.47. The number of hydrogen-bond acceptors (Lipinski definition) is 6. The summed E-state index contributed by atoms with van der Waals surface area (Å²) in [6.45, 7) is 3.52. The molecule has 1 amide bonds. The SMILES string of the molecule is Cc1csc(-c2ncc(C(=O)Nn3cc(CC(F)(F)F)c4ccncc43)c(C)n2)n1. The first-order valence-corrected chi connectivity index (χ1v) is 9.67. The van der Waals surface area contributed by atoms with Gasteiger partial charge in [-0.05, 0) is 25.5 Å². The van der Waals surface area contributed by atoms with Crippen LogP contribution in [0.15, 0.2) is 36.2 Å². The van der Waals surface area contributed by atoms with Crippen LogP contribution in [0.5, 0.6) is 0 Å². The molecule has 0 fully saturated rings. The van der Waals surface area contributed by atoms with Gasteiger partial charge in [-0.3, -0.25) is 19.9 Å². The number of thiazole rings is 1. The number of pyridine rings is 1. The average molecular weight is 432 g/mol. The number of fused-ring (bicyclic) bond motifs is 1. The number of carbonyl (C=O) groups excluding carboxylic acids is 1. The molecule has 4 aromatic heterocycles. The van der Waals surface area contributed by atoms with Crippen molar-refractivity contribution in [2.75, 3.05) is 5.43 Å². The number of nitrogens with one attached hydrogen (secondary N) is 1. The molecular weight excluding hydrogens is 417 g/mol. The summed E-state index contributed by atoms with van der Waals surface area (Å²) < 4.78 is 40.0. The second-order valence-corrected chi connectivity index (χ2v) is 7.49. The first kappa shape index (κ1) is 20.0. The summed E-state index contributed by atoms with van der Waals surface area (Å²) in [6.07, 6.45) is -0.0512. The molecule has 0 aliphatic carbocycles. The molecule has 11 heteroatoms. The van der Waals surface area contributed by atoms with Crippen LogP contribution in [0.3, 0.4) is 0 Å². The van der Waals surface area contributed by atoms with Crippen LogP contribution in [0.2, 0.25) is 0 Å². The first-order valence-electron chi connectivity index (χ1n) is 8.79. The summed E-state index contributed by atoms with van der Waals surface area (Å²) in [7, 11) is 0. The van der Waals surface area contributed by atoms with Crippen molar-refractivity contribution in [2.45, 2.75) is 26.4 Å². The number of hydrogen-bond donors (Lipinski definition) is 1. The van der Waals surface area contributed by atoms with Gasteiger partial charge in [0.15, 0.2) is 10.8 Å². The minimum atomic E-state index is -4.37. The molecule has 0 aliphatic rings. The molecule has 4 rings (SSSR count). The Morgan fingerprint density at radius 1 is 1.23 bits per heavy atom. The molecule has 4 aromatic rings. The Labute approximate surface area is 172 Å². The summed E-state index contributed by atoms with van der Waals surface area (Å²) in [4.78, 5) is 29.6. The standard InChI is InChI=1S/C19H15F3N6OS/c1-10-9-30-18(25-10)16-24-6-14(11(2)26-16)17(29)27-28-8-12(5-19(20,21)22)13-3-4-23-7-15(13)28/h3-4,6-9H,5H2,1-2H3,(H,27,29). The fourth-order valence-electron chi connectivity index (χ4n) is 3.01. The molecule has 30 heavy (non-hydrogen) atoms. The molecule has 0 saturated heterocycles. The molecule has 0 unspecified atom stereocenters. The van der Waals surface area contributed by atoms with Crippen LogP contribution < -0.4 is 5.43 Å². The maximum absolute atomic E-state index is 12.9. The Balaban J connectivity index is 1.63. The van der Waals surface area contributed by atoms with E-state index in [4.69, 9.17) is 0 Å². The van der Waals surface area contributed by atoms with Crippen LogP contribution in [0.1, 0.15) is 27.3 Å². The number of rotatable bonds is 4. The number of halogens is 3. The van der Waals surface area contributed by atoms with Crippen molar-refractivity contribution in [3.63, 3.8) is 0 Å². The number of aryl methyl sites for hydroxylation is 2. The second-order valence-electron chi connectivity index (χ2n) is 6.64. The lowest BCUT2D eigenvalue weighted by atomic mass is 10.1. The van der Waals surface area contributed by atoms with E-state index in [2.05, 4.69) is 25.4 Å². The van der Waals surface area contributed by atoms with Gasteiger partial charge in [0.25, 0.3) is 5.91 Å². The lowest BCUT2D eigenvalue weighted by Crippen LogP contribution is -2.23. The van der Waals surface area contributed by atoms with Crippen LogP contribution in [-0.4, -0.2) is 36.7 Å². The summed E-state index contributed by atoms with van der Waals surface area (Å²) >= 11 is 1.40. The van der Waals surface area contributed by atoms with E-state index in [1.165, 1.54) is 46.9 Å². The number of amides is 1. The molecule has 0 bridgehead atoms. The Bertz CT molecular complexity index is 1250. The monoisotopic (exact) mass is 432 g/mol. The van der Waals surface area contributed by atoms with Crippen LogP contribution >= 0.6 is 11.3 Å². The molecule has 0 saturated carbocycles. The number of carbonyl (C=O) groups is 1. The molecule has 7 nitrogen and oxygen atoms in total. The molecule has 0 radical (unpaired) electrons. The van der Waals surface area contributed by atoms with E-state index in [-0.39, 0.29) is 11.1 Å². The minimum absolute atomic E-state index is 0.0441. The van der Waals surface area contributed by atoms with E-state index in [1.807, 2.05) is 12.3 Å². The van der Waals surface area contributed by atoms with Crippen molar-refractivity contribution in [3.8, 4) is 10.8 Å². The van der Waals surface area contributed by atoms with Gasteiger partial charge in [0, 0.05) is 35.1 Å². The summed E-state index contributed by atoms with van der Waals surface area (Å²) in [6, 6.07) is 1.48. The Morgan fingerprint density at radius 2 is 2.03 bits per heavy atom. The molecule has 1 N–H and O–H groups in total. The average Bonchev–Trinajstić information content (AvgIpc) is 3.25. The van der Waals surface area contributed by atoms with Crippen LogP contribution in [0, 0.1) is 13.8 Å². The summed E-state index contributed by atoms with van der Waals surface area (Å²) in [5, 5.41) is 2.88. The van der Waals surface area contributed by atoms with E-state index in [9.17, 15) is 18.0 Å². The zero-order chi connectivity index (χ0) is 21.5. The van der Waals surface area contributed by atoms with E-state index in [0.717, 1.165) is 5.69 Å². The maximum atomic E-state index is 12.9. The highest BCUT2D eigenvalue weighted by Crippen LogP contribution is 2.28. The van der Waals surface area contributed by atoms with Gasteiger partial charge in [-0.2, -0.15) is 13.2 Å². The van der Waals surface area contributed by atoms with Gasteiger partial charge in [-0.15, -0.1) is 11.3 Å². The third kappa shape index (κ3) is 4.01. The third-order valence-electron chi connectivity index (χ3n) is 4.34. The highest BCUT2D eigenvalue weighted by Gasteiger charge is 2.29. The predicted octanol–water partition coefficient (Wildman–Crippen LogP) is 4.06. The van der Waals surface area contributed by atoms with E-state index in [1.54, 1.807) is 6.92 Å². The van der Waals surface area contributed by atoms with Crippen molar-refractivity contribution in [1.29, 1.82) is 0 Å². The van der Waals surface area contributed by atoms with Crippen LogP contribution in [-0.2, 0) is 6.42 Å². The zero-order valence-corrected chi connectivity index (χ0v) is 16.7. The quantitative estimate of drug-likeness (QED) is 0.526. The van der Waals surface area contributed by atoms with Gasteiger partial charge < -0.3 is 0 Å². The van der Waals surface area contributed by atoms with Crippen molar-refractivity contribution < 1.29 is 18.0 Å². The number of aromatic nitrogens is 5. The van der Waals surface area contributed by atoms with Crippen LogP contribution in [0.4, 0.5) is 13.2 Å². The Hall–Kier alpha value is -3.34. The molecular formula is C19H15F3N6OS. The number of alkyl halides is 3. The lowest BCUT2D eigenvalue weighted by molar-refractivity contribution is -0.127. The maximum Gasteiger partial charge on any atom is 0.393 e. The largest absolute Gasteiger partial charge is 0.393 e. The smallest absolute Gasteiger partial charge is 0.267 e. The molecule has 0 spiro atoms. The number of nitrogens with zero attached hydrogens (tertiary/aromatic N) is 5. The fourth-order valence-corrected chi connectivity index (χ4v) is 3.75. The normalized spacial score (nSPS) is 11.8. The first-order chi connectivity index (χ1) is 14.2. The second kappa shape index (κ2) is 7.48. The zero-order valence-electron chi connectivity index (χ0n) is 15.9. The van der Waals surface area contributed by atoms with E-state index >= 15 is 0 Å². The van der Waals surface area contributed by atoms with Gasteiger partial charge in [-0.25, -0.2) is 15.0 Å². The van der Waals surface area contributed by atoms with E-state index in [0.29, 0.717) is 27.4 Å². The molecule has 154 valence electrons. The van der Waals surface area contributed by atoms with E-state index < -0.39 is 18.5 Å². The Kier molecular flexibility index (Phi) is 4.98. The van der Waals surface area contributed by atoms with Gasteiger partial charge in [0.2, 0.25) is 0 Å². The minimum Gasteiger partial charge on any atom is -0.267 e. The van der Waals surface area contributed by atoms with Crippen molar-refractivity contribution in [3.05, 3.63) is 58.7 Å². The van der Waals surface area contributed by atoms with Crippen molar-refractivity contribution in [2.24, 2.45) is 0 Å². The molecule has 0 atom stereocenters. The highest BCUT2D eigenvalue weighted by atomic mass is 32.1. The lowest BCUT2D eigenvalue weighted by Gasteiger charge is -2.09. The topological polar surface area (TPSA) is 85.6 Å². The van der Waals surface area contributed by atoms with Gasteiger partial charge in [-0.1, -0.05) is 0 Å². The van der Waals surface area contributed by atoms with Gasteiger partial charge in [0.05, 0.1) is 29.4 Å². The molecule has 0 aliphatic heterocycles. The third-order valence-corrected chi connectivity index (χ3v) is 5.29. The van der Waals surface area contributed by atoms with Crippen LogP contribution in [0.25, 0.3) is 21.7 Å². The highest BCUT2D eigenvalue weighted by molar-refractivity contribution is 7.13. The van der Waals surface area contributed by atoms with Gasteiger partial charge >= 0.3 is 6.18 Å². The van der Waals surface area contributed by atoms with Gasteiger partial charge in [0.1, 0.15) is 0 Å². The molecule has 4 heterocycles.